The zero-order valence-corrected chi connectivity index (χ0v) is 13.5. The topological polar surface area (TPSA) is 99.0 Å². The van der Waals surface area contributed by atoms with E-state index >= 15 is 0 Å². The van der Waals surface area contributed by atoms with E-state index in [0.29, 0.717) is 11.6 Å². The predicted octanol–water partition coefficient (Wildman–Crippen LogP) is 2.47. The number of methoxy groups -OCH3 is 1. The Morgan fingerprint density at radius 1 is 1.57 bits per heavy atom. The third kappa shape index (κ3) is 3.22. The normalized spacial score (nSPS) is 10.1. The Kier molecular flexibility index (Phi) is 5.09. The number of hydrogen-bond donors (Lipinski definition) is 2. The van der Waals surface area contributed by atoms with Crippen molar-refractivity contribution in [2.24, 2.45) is 0 Å². The largest absolute Gasteiger partial charge is 0.504 e. The molecule has 0 bridgehead atoms. The summed E-state index contributed by atoms with van der Waals surface area (Å²) in [5.41, 5.74) is 0.521. The van der Waals surface area contributed by atoms with Gasteiger partial charge in [-0.3, -0.25) is 4.79 Å². The molecule has 1 heterocycles. The number of nitrogens with one attached hydrogen (secondary N) is 1. The number of ether oxygens (including phenoxy) is 1. The van der Waals surface area contributed by atoms with Crippen molar-refractivity contribution in [3.63, 3.8) is 0 Å². The molecule has 0 aliphatic carbocycles. The lowest BCUT2D eigenvalue weighted by Gasteiger charge is -2.12. The minimum atomic E-state index is -0.547. The van der Waals surface area contributed by atoms with Gasteiger partial charge >= 0.3 is 0 Å². The molecule has 0 saturated carbocycles. The van der Waals surface area contributed by atoms with Crippen LogP contribution < -0.4 is 10.3 Å². The fourth-order valence-electron chi connectivity index (χ4n) is 2.13. The molecule has 0 atom stereocenters. The van der Waals surface area contributed by atoms with Gasteiger partial charge in [0.15, 0.2) is 16.7 Å². The van der Waals surface area contributed by atoms with E-state index in [-0.39, 0.29) is 28.3 Å². The molecule has 0 spiro atoms. The number of nitriles is 1. The number of aromatic nitrogens is 2. The summed E-state index contributed by atoms with van der Waals surface area (Å²) in [5, 5.41) is 20.0. The van der Waals surface area contributed by atoms with E-state index in [0.717, 1.165) is 5.56 Å². The van der Waals surface area contributed by atoms with E-state index in [1.165, 1.54) is 18.9 Å². The molecule has 2 rings (SSSR count). The first-order valence-electron chi connectivity index (χ1n) is 6.65. The number of hydrogen-bond acceptors (Lipinski definition) is 6. The van der Waals surface area contributed by atoms with Crippen molar-refractivity contribution < 1.29 is 9.84 Å². The number of phenols is 1. The van der Waals surface area contributed by atoms with Crippen molar-refractivity contribution in [1.29, 1.82) is 5.26 Å². The van der Waals surface area contributed by atoms with Crippen LogP contribution in [0.4, 0.5) is 0 Å². The Hall–Kier alpha value is -2.72. The molecule has 2 aromatic rings. The van der Waals surface area contributed by atoms with Crippen molar-refractivity contribution in [3.8, 4) is 28.8 Å². The van der Waals surface area contributed by atoms with Gasteiger partial charge in [0.05, 0.1) is 7.11 Å². The van der Waals surface area contributed by atoms with Crippen LogP contribution in [-0.2, 0) is 6.42 Å². The van der Waals surface area contributed by atoms with Crippen molar-refractivity contribution >= 4 is 11.8 Å². The van der Waals surface area contributed by atoms with Crippen molar-refractivity contribution in [1.82, 2.24) is 9.97 Å². The van der Waals surface area contributed by atoms with E-state index in [9.17, 15) is 15.2 Å². The Balaban J connectivity index is 2.82. The summed E-state index contributed by atoms with van der Waals surface area (Å²) in [7, 11) is 1.43. The highest BCUT2D eigenvalue weighted by atomic mass is 32.2. The average Bonchev–Trinajstić information content (AvgIpc) is 2.55. The van der Waals surface area contributed by atoms with Gasteiger partial charge in [-0.1, -0.05) is 17.8 Å². The number of aromatic hydroxyl groups is 1. The fourth-order valence-corrected chi connectivity index (χ4v) is 2.51. The van der Waals surface area contributed by atoms with Gasteiger partial charge in [-0.25, -0.2) is 4.98 Å². The molecule has 0 fully saturated rings. The van der Waals surface area contributed by atoms with Gasteiger partial charge in [0.1, 0.15) is 17.3 Å². The Morgan fingerprint density at radius 3 is 2.87 bits per heavy atom. The quantitative estimate of drug-likeness (QED) is 0.497. The summed E-state index contributed by atoms with van der Waals surface area (Å²) < 4.78 is 5.17. The molecule has 0 aliphatic heterocycles. The van der Waals surface area contributed by atoms with Crippen LogP contribution in [0.15, 0.2) is 34.7 Å². The molecule has 0 unspecified atom stereocenters. The van der Waals surface area contributed by atoms with Gasteiger partial charge in [0, 0.05) is 5.56 Å². The molecule has 1 aromatic heterocycles. The molecule has 0 amide bonds. The zero-order chi connectivity index (χ0) is 17.0. The summed E-state index contributed by atoms with van der Waals surface area (Å²) in [6.45, 7) is 3.68. The number of allylic oxidation sites excluding steroid dienone is 1. The first kappa shape index (κ1) is 16.6. The second kappa shape index (κ2) is 7.03. The monoisotopic (exact) mass is 329 g/mol. The van der Waals surface area contributed by atoms with Gasteiger partial charge in [0.2, 0.25) is 0 Å². The lowest BCUT2D eigenvalue weighted by Crippen LogP contribution is -2.14. The van der Waals surface area contributed by atoms with E-state index in [2.05, 4.69) is 16.5 Å². The molecular formula is C16H15N3O3S. The van der Waals surface area contributed by atoms with Gasteiger partial charge in [-0.15, -0.1) is 6.58 Å². The van der Waals surface area contributed by atoms with Crippen molar-refractivity contribution in [2.75, 3.05) is 13.4 Å². The summed E-state index contributed by atoms with van der Waals surface area (Å²) >= 11 is 1.24. The van der Waals surface area contributed by atoms with E-state index < -0.39 is 5.56 Å². The Labute approximate surface area is 137 Å². The molecule has 1 aromatic carbocycles. The molecular weight excluding hydrogens is 314 g/mol. The SMILES string of the molecule is C=CCc1cc(OC)c(O)c(-c2nc(SC)[nH]c(=O)c2C#N)c1. The minimum Gasteiger partial charge on any atom is -0.504 e. The van der Waals surface area contributed by atoms with Gasteiger partial charge < -0.3 is 14.8 Å². The van der Waals surface area contributed by atoms with Gasteiger partial charge in [-0.05, 0) is 30.4 Å². The minimum absolute atomic E-state index is 0.127. The van der Waals surface area contributed by atoms with Crippen LogP contribution in [0.2, 0.25) is 0 Å². The van der Waals surface area contributed by atoms with Crippen LogP contribution >= 0.6 is 11.8 Å². The smallest absolute Gasteiger partial charge is 0.270 e. The Bertz CT molecular complexity index is 853. The molecule has 7 heteroatoms. The van der Waals surface area contributed by atoms with E-state index in [1.807, 2.05) is 6.07 Å². The number of nitrogens with zero attached hydrogens (tertiary/aromatic N) is 2. The second-order valence-electron chi connectivity index (χ2n) is 4.60. The van der Waals surface area contributed by atoms with E-state index in [1.54, 1.807) is 24.5 Å². The second-order valence-corrected chi connectivity index (χ2v) is 5.39. The Morgan fingerprint density at radius 2 is 2.30 bits per heavy atom. The maximum atomic E-state index is 12.0. The third-order valence-electron chi connectivity index (χ3n) is 3.19. The molecule has 2 N–H and O–H groups in total. The maximum Gasteiger partial charge on any atom is 0.270 e. The number of thioether (sulfide) groups is 1. The summed E-state index contributed by atoms with van der Waals surface area (Å²) in [5.74, 6) is 0.0815. The van der Waals surface area contributed by atoms with E-state index in [4.69, 9.17) is 4.74 Å². The molecule has 23 heavy (non-hydrogen) atoms. The first-order chi connectivity index (χ1) is 11.0. The van der Waals surface area contributed by atoms with Crippen LogP contribution in [-0.4, -0.2) is 28.4 Å². The molecule has 0 radical (unpaired) electrons. The number of H-pyrrole nitrogens is 1. The first-order valence-corrected chi connectivity index (χ1v) is 7.87. The molecule has 6 nitrogen and oxygen atoms in total. The van der Waals surface area contributed by atoms with Crippen LogP contribution in [0.5, 0.6) is 11.5 Å². The highest BCUT2D eigenvalue weighted by Gasteiger charge is 2.19. The summed E-state index contributed by atoms with van der Waals surface area (Å²) in [6, 6.07) is 5.19. The summed E-state index contributed by atoms with van der Waals surface area (Å²) in [4.78, 5) is 18.8. The zero-order valence-electron chi connectivity index (χ0n) is 12.7. The lowest BCUT2D eigenvalue weighted by molar-refractivity contribution is 0.374. The van der Waals surface area contributed by atoms with Gasteiger partial charge in [-0.2, -0.15) is 5.26 Å². The van der Waals surface area contributed by atoms with Crippen LogP contribution in [0, 0.1) is 11.3 Å². The average molecular weight is 329 g/mol. The predicted molar refractivity (Wildman–Crippen MR) is 88.9 cm³/mol. The molecule has 118 valence electrons. The highest BCUT2D eigenvalue weighted by Crippen LogP contribution is 2.38. The van der Waals surface area contributed by atoms with Gasteiger partial charge in [0.25, 0.3) is 5.56 Å². The summed E-state index contributed by atoms with van der Waals surface area (Å²) in [6.07, 6.45) is 4.01. The number of phenolic OH excluding ortho intramolecular Hbond substituents is 1. The third-order valence-corrected chi connectivity index (χ3v) is 3.77. The molecule has 0 aliphatic rings. The standard InChI is InChI=1S/C16H15N3O3S/c1-4-5-9-6-10(14(20)12(7-9)22-2)13-11(8-17)15(21)19-16(18-13)23-3/h4,6-7,20H,1,5H2,2-3H3,(H,18,19,21). The van der Waals surface area contributed by atoms with Crippen LogP contribution in [0.1, 0.15) is 11.1 Å². The highest BCUT2D eigenvalue weighted by molar-refractivity contribution is 7.98. The van der Waals surface area contributed by atoms with Crippen molar-refractivity contribution in [3.05, 3.63) is 46.3 Å². The number of aromatic amines is 1. The lowest BCUT2D eigenvalue weighted by atomic mass is 10.0. The van der Waals surface area contributed by atoms with Crippen molar-refractivity contribution in [2.45, 2.75) is 11.6 Å². The maximum absolute atomic E-state index is 12.0. The van der Waals surface area contributed by atoms with Crippen LogP contribution in [0.3, 0.4) is 0 Å². The fraction of sp³-hybridized carbons (Fsp3) is 0.188. The number of rotatable bonds is 5. The number of benzene rings is 1. The molecule has 0 saturated heterocycles. The van der Waals surface area contributed by atoms with Crippen LogP contribution in [0.25, 0.3) is 11.3 Å².